The summed E-state index contributed by atoms with van der Waals surface area (Å²) in [4.78, 5) is 0. The van der Waals surface area contributed by atoms with Gasteiger partial charge < -0.3 is 10.1 Å². The van der Waals surface area contributed by atoms with Crippen LogP contribution in [0.3, 0.4) is 0 Å². The number of methoxy groups -OCH3 is 1. The van der Waals surface area contributed by atoms with Gasteiger partial charge in [0.15, 0.2) is 0 Å². The number of ether oxygens (including phenoxy) is 1. The van der Waals surface area contributed by atoms with Crippen molar-refractivity contribution in [2.45, 2.75) is 58.1 Å². The fourth-order valence-electron chi connectivity index (χ4n) is 2.45. The SMILES string of the molecule is C#CCCCCNC1CC(C)(OC)C1(C)C. The summed E-state index contributed by atoms with van der Waals surface area (Å²) in [5, 5.41) is 3.61. The lowest BCUT2D eigenvalue weighted by Crippen LogP contribution is -2.67. The van der Waals surface area contributed by atoms with E-state index in [0.717, 1.165) is 25.8 Å². The predicted octanol–water partition coefficient (Wildman–Crippen LogP) is 2.58. The van der Waals surface area contributed by atoms with E-state index in [2.05, 4.69) is 32.0 Å². The molecule has 0 saturated heterocycles. The first kappa shape index (κ1) is 13.5. The molecule has 1 N–H and O–H groups in total. The fourth-order valence-corrected chi connectivity index (χ4v) is 2.45. The lowest BCUT2D eigenvalue weighted by atomic mass is 9.56. The van der Waals surface area contributed by atoms with Crippen LogP contribution in [0.15, 0.2) is 0 Å². The third-order valence-corrected chi connectivity index (χ3v) is 4.42. The Hall–Kier alpha value is -0.520. The molecule has 0 radical (unpaired) electrons. The summed E-state index contributed by atoms with van der Waals surface area (Å²) in [7, 11) is 1.81. The zero-order valence-corrected chi connectivity index (χ0v) is 11.1. The van der Waals surface area contributed by atoms with Gasteiger partial charge in [-0.2, -0.15) is 0 Å². The van der Waals surface area contributed by atoms with Gasteiger partial charge in [0.2, 0.25) is 0 Å². The molecule has 0 aromatic rings. The molecule has 16 heavy (non-hydrogen) atoms. The average molecular weight is 223 g/mol. The molecular weight excluding hydrogens is 198 g/mol. The van der Waals surface area contributed by atoms with Gasteiger partial charge in [0, 0.05) is 25.0 Å². The lowest BCUT2D eigenvalue weighted by Gasteiger charge is -2.59. The highest BCUT2D eigenvalue weighted by Gasteiger charge is 2.57. The molecule has 0 aliphatic heterocycles. The largest absolute Gasteiger partial charge is 0.378 e. The summed E-state index contributed by atoms with van der Waals surface area (Å²) < 4.78 is 5.60. The van der Waals surface area contributed by atoms with Crippen molar-refractivity contribution in [1.82, 2.24) is 5.32 Å². The summed E-state index contributed by atoms with van der Waals surface area (Å²) in [6.45, 7) is 7.82. The molecule has 1 saturated carbocycles. The van der Waals surface area contributed by atoms with Gasteiger partial charge in [-0.3, -0.25) is 0 Å². The van der Waals surface area contributed by atoms with Crippen molar-refractivity contribution in [3.63, 3.8) is 0 Å². The minimum Gasteiger partial charge on any atom is -0.378 e. The van der Waals surface area contributed by atoms with E-state index in [1.165, 1.54) is 6.42 Å². The Bertz CT molecular complexity index is 266. The molecule has 0 aromatic carbocycles. The summed E-state index contributed by atoms with van der Waals surface area (Å²) in [6, 6.07) is 0.572. The van der Waals surface area contributed by atoms with Crippen molar-refractivity contribution in [3.05, 3.63) is 0 Å². The highest BCUT2D eigenvalue weighted by atomic mass is 16.5. The Morgan fingerprint density at radius 1 is 1.38 bits per heavy atom. The normalized spacial score (nSPS) is 31.8. The molecule has 2 heteroatoms. The van der Waals surface area contributed by atoms with Crippen LogP contribution in [0.5, 0.6) is 0 Å². The van der Waals surface area contributed by atoms with Crippen LogP contribution in [0.4, 0.5) is 0 Å². The van der Waals surface area contributed by atoms with Crippen molar-refractivity contribution in [1.29, 1.82) is 0 Å². The van der Waals surface area contributed by atoms with Crippen molar-refractivity contribution in [3.8, 4) is 12.3 Å². The zero-order chi connectivity index (χ0) is 12.2. The van der Waals surface area contributed by atoms with E-state index in [0.29, 0.717) is 6.04 Å². The summed E-state index contributed by atoms with van der Waals surface area (Å²) in [6.07, 6.45) is 9.51. The first-order valence-electron chi connectivity index (χ1n) is 6.20. The van der Waals surface area contributed by atoms with Gasteiger partial charge in [-0.1, -0.05) is 13.8 Å². The number of unbranched alkanes of at least 4 members (excludes halogenated alkanes) is 2. The smallest absolute Gasteiger partial charge is 0.0731 e. The quantitative estimate of drug-likeness (QED) is 0.552. The van der Waals surface area contributed by atoms with Gasteiger partial charge in [0.05, 0.1) is 5.60 Å². The van der Waals surface area contributed by atoms with Crippen molar-refractivity contribution in [2.24, 2.45) is 5.41 Å². The first-order chi connectivity index (χ1) is 7.48. The number of nitrogens with one attached hydrogen (secondary N) is 1. The van der Waals surface area contributed by atoms with Gasteiger partial charge in [-0.25, -0.2) is 0 Å². The molecule has 0 amide bonds. The second-order valence-electron chi connectivity index (χ2n) is 5.53. The Kier molecular flexibility index (Phi) is 4.41. The standard InChI is InChI=1S/C14H25NO/c1-6-7-8-9-10-15-12-11-14(4,16-5)13(12,2)3/h1,12,15H,7-11H2,2-5H3. The van der Waals surface area contributed by atoms with Crippen molar-refractivity contribution in [2.75, 3.05) is 13.7 Å². The molecule has 1 aliphatic carbocycles. The van der Waals surface area contributed by atoms with E-state index in [1.54, 1.807) is 0 Å². The van der Waals surface area contributed by atoms with Gasteiger partial charge in [-0.05, 0) is 32.7 Å². The van der Waals surface area contributed by atoms with Crippen LogP contribution in [0, 0.1) is 17.8 Å². The number of hydrogen-bond acceptors (Lipinski definition) is 2. The van der Waals surface area contributed by atoms with Crippen LogP contribution in [-0.2, 0) is 4.74 Å². The Morgan fingerprint density at radius 2 is 2.06 bits per heavy atom. The Labute approximate surface area is 100 Å². The first-order valence-corrected chi connectivity index (χ1v) is 6.20. The van der Waals surface area contributed by atoms with E-state index in [1.807, 2.05) is 7.11 Å². The maximum atomic E-state index is 5.60. The van der Waals surface area contributed by atoms with Crippen LogP contribution >= 0.6 is 0 Å². The van der Waals surface area contributed by atoms with Crippen LogP contribution < -0.4 is 5.32 Å². The maximum Gasteiger partial charge on any atom is 0.0731 e. The van der Waals surface area contributed by atoms with E-state index in [-0.39, 0.29) is 11.0 Å². The highest BCUT2D eigenvalue weighted by Crippen LogP contribution is 2.51. The number of terminal acetylenes is 1. The second-order valence-corrected chi connectivity index (χ2v) is 5.53. The lowest BCUT2D eigenvalue weighted by molar-refractivity contribution is -0.180. The monoisotopic (exact) mass is 223 g/mol. The van der Waals surface area contributed by atoms with Gasteiger partial charge in [-0.15, -0.1) is 12.3 Å². The Balaban J connectivity index is 2.24. The minimum absolute atomic E-state index is 0.0312. The number of hydrogen-bond donors (Lipinski definition) is 1. The maximum absolute atomic E-state index is 5.60. The molecule has 0 spiro atoms. The molecule has 92 valence electrons. The van der Waals surface area contributed by atoms with Crippen LogP contribution in [0.1, 0.15) is 46.5 Å². The molecule has 1 fully saturated rings. The average Bonchev–Trinajstić information content (AvgIpc) is 2.26. The fraction of sp³-hybridized carbons (Fsp3) is 0.857. The van der Waals surface area contributed by atoms with Crippen LogP contribution in [-0.4, -0.2) is 25.3 Å². The van der Waals surface area contributed by atoms with E-state index in [9.17, 15) is 0 Å². The molecule has 0 heterocycles. The topological polar surface area (TPSA) is 21.3 Å². The second kappa shape index (κ2) is 5.21. The summed E-state index contributed by atoms with van der Waals surface area (Å²) >= 11 is 0. The minimum atomic E-state index is 0.0312. The Morgan fingerprint density at radius 3 is 2.56 bits per heavy atom. The zero-order valence-electron chi connectivity index (χ0n) is 11.1. The van der Waals surface area contributed by atoms with Crippen molar-refractivity contribution >= 4 is 0 Å². The third kappa shape index (κ3) is 2.42. The summed E-state index contributed by atoms with van der Waals surface area (Å²) in [5.41, 5.74) is 0.247. The molecule has 1 aliphatic rings. The molecular formula is C14H25NO. The number of rotatable bonds is 6. The van der Waals surface area contributed by atoms with E-state index < -0.39 is 0 Å². The van der Waals surface area contributed by atoms with Gasteiger partial charge in [0.1, 0.15) is 0 Å². The van der Waals surface area contributed by atoms with Crippen LogP contribution in [0.2, 0.25) is 0 Å². The highest BCUT2D eigenvalue weighted by molar-refractivity contribution is 5.11. The summed E-state index contributed by atoms with van der Waals surface area (Å²) in [5.74, 6) is 2.67. The molecule has 2 unspecified atom stereocenters. The molecule has 0 bridgehead atoms. The van der Waals surface area contributed by atoms with E-state index in [4.69, 9.17) is 11.2 Å². The third-order valence-electron chi connectivity index (χ3n) is 4.42. The van der Waals surface area contributed by atoms with Gasteiger partial charge >= 0.3 is 0 Å². The molecule has 1 rings (SSSR count). The molecule has 2 nitrogen and oxygen atoms in total. The molecule has 2 atom stereocenters. The van der Waals surface area contributed by atoms with Crippen LogP contribution in [0.25, 0.3) is 0 Å². The predicted molar refractivity (Wildman–Crippen MR) is 68.3 cm³/mol. The molecule has 0 aromatic heterocycles. The van der Waals surface area contributed by atoms with Crippen molar-refractivity contribution < 1.29 is 4.74 Å². The van der Waals surface area contributed by atoms with Gasteiger partial charge in [0.25, 0.3) is 0 Å². The van der Waals surface area contributed by atoms with E-state index >= 15 is 0 Å².